The van der Waals surface area contributed by atoms with Gasteiger partial charge in [-0.2, -0.15) is 0 Å². The third kappa shape index (κ3) is 7.08. The molecule has 1 heterocycles. The molecule has 4 nitrogen and oxygen atoms in total. The summed E-state index contributed by atoms with van der Waals surface area (Å²) in [5.41, 5.74) is -0.214. The number of ether oxygens (including phenoxy) is 1. The second kappa shape index (κ2) is 7.81. The molecule has 0 unspecified atom stereocenters. The molecule has 0 fully saturated rings. The summed E-state index contributed by atoms with van der Waals surface area (Å²) in [5, 5.41) is 10.1. The average molecular weight is 283 g/mol. The fourth-order valence-electron chi connectivity index (χ4n) is 2.04. The van der Waals surface area contributed by atoms with E-state index < -0.39 is 6.10 Å². The van der Waals surface area contributed by atoms with E-state index in [0.717, 1.165) is 31.0 Å². The van der Waals surface area contributed by atoms with Gasteiger partial charge < -0.3 is 14.3 Å². The molecule has 1 N–H and O–H groups in total. The first-order chi connectivity index (χ1) is 9.30. The molecule has 116 valence electrons. The lowest BCUT2D eigenvalue weighted by molar-refractivity contribution is -0.0569. The number of aliphatic hydroxyl groups excluding tert-OH is 1. The quantitative estimate of drug-likeness (QED) is 0.796. The Bertz CT molecular complexity index is 381. The van der Waals surface area contributed by atoms with E-state index >= 15 is 0 Å². The molecule has 0 saturated heterocycles. The minimum atomic E-state index is -0.475. The van der Waals surface area contributed by atoms with Gasteiger partial charge in [0.2, 0.25) is 0 Å². The first-order valence-corrected chi connectivity index (χ1v) is 7.40. The number of aliphatic hydroxyl groups is 1. The molecular formula is C16H29NO3. The van der Waals surface area contributed by atoms with E-state index in [9.17, 15) is 5.11 Å². The van der Waals surface area contributed by atoms with Gasteiger partial charge in [-0.05, 0) is 52.8 Å². The molecule has 0 radical (unpaired) electrons. The van der Waals surface area contributed by atoms with Crippen LogP contribution in [0.4, 0.5) is 0 Å². The molecule has 0 aliphatic heterocycles. The lowest BCUT2D eigenvalue weighted by atomic mass is 10.2. The van der Waals surface area contributed by atoms with E-state index in [1.165, 1.54) is 0 Å². The number of furan rings is 1. The monoisotopic (exact) mass is 283 g/mol. The molecule has 1 aromatic heterocycles. The summed E-state index contributed by atoms with van der Waals surface area (Å²) in [4.78, 5) is 2.20. The zero-order chi connectivity index (χ0) is 15.2. The van der Waals surface area contributed by atoms with Crippen molar-refractivity contribution in [2.45, 2.75) is 59.3 Å². The van der Waals surface area contributed by atoms with E-state index in [1.54, 1.807) is 0 Å². The lowest BCUT2D eigenvalue weighted by Crippen LogP contribution is -2.37. The fraction of sp³-hybridized carbons (Fsp3) is 0.750. The molecule has 0 aliphatic rings. The number of nitrogens with zero attached hydrogens (tertiary/aromatic N) is 1. The fourth-order valence-corrected chi connectivity index (χ4v) is 2.04. The lowest BCUT2D eigenvalue weighted by Gasteiger charge is -2.26. The first-order valence-electron chi connectivity index (χ1n) is 7.40. The van der Waals surface area contributed by atoms with Crippen LogP contribution < -0.4 is 0 Å². The van der Waals surface area contributed by atoms with Crippen LogP contribution in [0.2, 0.25) is 0 Å². The van der Waals surface area contributed by atoms with Crippen LogP contribution in [-0.2, 0) is 11.3 Å². The van der Waals surface area contributed by atoms with Crippen LogP contribution in [0.15, 0.2) is 16.5 Å². The molecule has 0 bridgehead atoms. The summed E-state index contributed by atoms with van der Waals surface area (Å²) in [6, 6.07) is 3.97. The highest BCUT2D eigenvalue weighted by Crippen LogP contribution is 2.12. The van der Waals surface area contributed by atoms with Crippen LogP contribution >= 0.6 is 0 Å². The Hall–Kier alpha value is -0.840. The largest absolute Gasteiger partial charge is 0.465 e. The Balaban J connectivity index is 2.45. The second-order valence-corrected chi connectivity index (χ2v) is 6.32. The summed E-state index contributed by atoms with van der Waals surface area (Å²) in [5.74, 6) is 1.87. The highest BCUT2D eigenvalue weighted by Gasteiger charge is 2.17. The van der Waals surface area contributed by atoms with Crippen molar-refractivity contribution in [2.24, 2.45) is 0 Å². The van der Waals surface area contributed by atoms with E-state index in [4.69, 9.17) is 9.15 Å². The van der Waals surface area contributed by atoms with Crippen LogP contribution in [0.1, 0.15) is 45.6 Å². The predicted octanol–water partition coefficient (Wildman–Crippen LogP) is 2.98. The Morgan fingerprint density at radius 3 is 2.55 bits per heavy atom. The molecule has 0 spiro atoms. The van der Waals surface area contributed by atoms with Gasteiger partial charge >= 0.3 is 0 Å². The predicted molar refractivity (Wildman–Crippen MR) is 80.7 cm³/mol. The van der Waals surface area contributed by atoms with Gasteiger partial charge in [-0.15, -0.1) is 0 Å². The summed E-state index contributed by atoms with van der Waals surface area (Å²) in [7, 11) is 0. The topological polar surface area (TPSA) is 45.8 Å². The third-order valence-electron chi connectivity index (χ3n) is 2.89. The summed E-state index contributed by atoms with van der Waals surface area (Å²) >= 11 is 0. The van der Waals surface area contributed by atoms with Crippen molar-refractivity contribution in [3.63, 3.8) is 0 Å². The zero-order valence-electron chi connectivity index (χ0n) is 13.5. The summed E-state index contributed by atoms with van der Waals surface area (Å²) in [6.45, 7) is 12.7. The third-order valence-corrected chi connectivity index (χ3v) is 2.89. The Morgan fingerprint density at radius 1 is 1.35 bits per heavy atom. The van der Waals surface area contributed by atoms with Crippen LogP contribution in [0.5, 0.6) is 0 Å². The molecule has 4 heteroatoms. The molecule has 0 amide bonds. The molecule has 1 rings (SSSR count). The maximum atomic E-state index is 10.1. The van der Waals surface area contributed by atoms with Gasteiger partial charge in [0.1, 0.15) is 11.5 Å². The average Bonchev–Trinajstić information content (AvgIpc) is 2.71. The summed E-state index contributed by atoms with van der Waals surface area (Å²) in [6.07, 6.45) is 0.573. The summed E-state index contributed by atoms with van der Waals surface area (Å²) < 4.78 is 11.2. The van der Waals surface area contributed by atoms with Crippen molar-refractivity contribution < 1.29 is 14.3 Å². The molecule has 1 aromatic rings. The standard InChI is InChI=1S/C16H29NO3/c1-6-9-17(11-15-8-7-13(2)20-15)10-14(18)12-19-16(3,4)5/h7-8,14,18H,6,9-12H2,1-5H3/t14-/m1/s1. The number of hydrogen-bond acceptors (Lipinski definition) is 4. The van der Waals surface area contributed by atoms with Gasteiger partial charge in [-0.3, -0.25) is 4.90 Å². The van der Waals surface area contributed by atoms with Crippen LogP contribution in [-0.4, -0.2) is 41.4 Å². The number of aryl methyl sites for hydroxylation is 1. The van der Waals surface area contributed by atoms with Gasteiger partial charge in [0.25, 0.3) is 0 Å². The molecule has 0 aliphatic carbocycles. The van der Waals surface area contributed by atoms with Crippen LogP contribution in [0.25, 0.3) is 0 Å². The maximum Gasteiger partial charge on any atom is 0.118 e. The number of rotatable bonds is 8. The van der Waals surface area contributed by atoms with Gasteiger partial charge in [0, 0.05) is 6.54 Å². The zero-order valence-corrected chi connectivity index (χ0v) is 13.5. The van der Waals surface area contributed by atoms with Crippen molar-refractivity contribution in [1.29, 1.82) is 0 Å². The Kier molecular flexibility index (Phi) is 6.72. The van der Waals surface area contributed by atoms with Crippen molar-refractivity contribution in [1.82, 2.24) is 4.90 Å². The minimum Gasteiger partial charge on any atom is -0.465 e. The van der Waals surface area contributed by atoms with E-state index in [-0.39, 0.29) is 5.60 Å². The molecule has 1 atom stereocenters. The number of hydrogen-bond donors (Lipinski definition) is 1. The van der Waals surface area contributed by atoms with E-state index in [1.807, 2.05) is 39.8 Å². The molecule has 0 saturated carbocycles. The van der Waals surface area contributed by atoms with Crippen molar-refractivity contribution in [3.8, 4) is 0 Å². The van der Waals surface area contributed by atoms with Gasteiger partial charge in [0.15, 0.2) is 0 Å². The van der Waals surface area contributed by atoms with Crippen LogP contribution in [0.3, 0.4) is 0 Å². The second-order valence-electron chi connectivity index (χ2n) is 6.32. The SMILES string of the molecule is CCCN(Cc1ccc(C)o1)C[C@@H](O)COC(C)(C)C. The van der Waals surface area contributed by atoms with Gasteiger partial charge in [0.05, 0.1) is 24.9 Å². The van der Waals surface area contributed by atoms with Gasteiger partial charge in [-0.1, -0.05) is 6.92 Å². The van der Waals surface area contributed by atoms with E-state index in [2.05, 4.69) is 11.8 Å². The normalized spacial score (nSPS) is 13.9. The highest BCUT2D eigenvalue weighted by molar-refractivity contribution is 5.05. The van der Waals surface area contributed by atoms with E-state index in [0.29, 0.717) is 13.2 Å². The Labute approximate surface area is 122 Å². The maximum absolute atomic E-state index is 10.1. The van der Waals surface area contributed by atoms with Crippen LogP contribution in [0, 0.1) is 6.92 Å². The van der Waals surface area contributed by atoms with Gasteiger partial charge in [-0.25, -0.2) is 0 Å². The van der Waals surface area contributed by atoms with Crippen molar-refractivity contribution in [3.05, 3.63) is 23.7 Å². The first kappa shape index (κ1) is 17.2. The molecule has 20 heavy (non-hydrogen) atoms. The van der Waals surface area contributed by atoms with Crippen molar-refractivity contribution in [2.75, 3.05) is 19.7 Å². The molecule has 0 aromatic carbocycles. The Morgan fingerprint density at radius 2 is 2.05 bits per heavy atom. The van der Waals surface area contributed by atoms with Crippen molar-refractivity contribution >= 4 is 0 Å². The minimum absolute atomic E-state index is 0.214. The molecular weight excluding hydrogens is 254 g/mol. The highest BCUT2D eigenvalue weighted by atomic mass is 16.5. The smallest absolute Gasteiger partial charge is 0.118 e.